The van der Waals surface area contributed by atoms with E-state index >= 15 is 0 Å². The van der Waals surface area contributed by atoms with Crippen LogP contribution in [0.2, 0.25) is 0 Å². The maximum atomic E-state index is 11.7. The second kappa shape index (κ2) is 6.09. The van der Waals surface area contributed by atoms with Gasteiger partial charge in [0, 0.05) is 18.6 Å². The van der Waals surface area contributed by atoms with Crippen LogP contribution in [0.3, 0.4) is 0 Å². The van der Waals surface area contributed by atoms with E-state index in [0.717, 1.165) is 0 Å². The molecule has 0 aromatic carbocycles. The third-order valence-corrected chi connectivity index (χ3v) is 4.76. The zero-order valence-electron chi connectivity index (χ0n) is 11.7. The van der Waals surface area contributed by atoms with Crippen LogP contribution in [-0.2, 0) is 14.6 Å². The number of carbonyl (C=O) groups excluding carboxylic acids is 1. The zero-order valence-corrected chi connectivity index (χ0v) is 12.5. The van der Waals surface area contributed by atoms with Gasteiger partial charge in [-0.2, -0.15) is 0 Å². The van der Waals surface area contributed by atoms with Gasteiger partial charge in [0.1, 0.15) is 15.4 Å². The maximum absolute atomic E-state index is 11.7. The molecule has 0 spiro atoms. The second-order valence-corrected chi connectivity index (χ2v) is 8.23. The smallest absolute Gasteiger partial charge is 0.407 e. The molecule has 6 nitrogen and oxygen atoms in total. The van der Waals surface area contributed by atoms with Crippen molar-refractivity contribution >= 4 is 15.9 Å². The highest BCUT2D eigenvalue weighted by molar-refractivity contribution is 7.91. The van der Waals surface area contributed by atoms with Crippen molar-refractivity contribution in [2.24, 2.45) is 5.92 Å². The SMILES string of the molecule is CC(C)(C)OC(=O)N[C@@H]1CCS(=O)(=O)CC[C@H]1CO. The normalized spacial score (nSPS) is 27.4. The summed E-state index contributed by atoms with van der Waals surface area (Å²) in [6.45, 7) is 5.13. The number of rotatable bonds is 2. The van der Waals surface area contributed by atoms with E-state index in [1.54, 1.807) is 20.8 Å². The van der Waals surface area contributed by atoms with Gasteiger partial charge in [-0.25, -0.2) is 13.2 Å². The van der Waals surface area contributed by atoms with Gasteiger partial charge in [0.05, 0.1) is 11.5 Å². The number of nitrogens with one attached hydrogen (secondary N) is 1. The molecule has 112 valence electrons. The van der Waals surface area contributed by atoms with E-state index in [-0.39, 0.29) is 30.1 Å². The van der Waals surface area contributed by atoms with Gasteiger partial charge in [-0.3, -0.25) is 0 Å². The summed E-state index contributed by atoms with van der Waals surface area (Å²) in [5, 5.41) is 12.0. The fraction of sp³-hybridized carbons (Fsp3) is 0.917. The molecule has 0 saturated carbocycles. The van der Waals surface area contributed by atoms with E-state index in [9.17, 15) is 18.3 Å². The number of aliphatic hydroxyl groups excluding tert-OH is 1. The molecular weight excluding hydrogens is 270 g/mol. The summed E-state index contributed by atoms with van der Waals surface area (Å²) >= 11 is 0. The Morgan fingerprint density at radius 1 is 1.32 bits per heavy atom. The highest BCUT2D eigenvalue weighted by Crippen LogP contribution is 2.20. The van der Waals surface area contributed by atoms with Crippen molar-refractivity contribution in [2.45, 2.75) is 45.3 Å². The van der Waals surface area contributed by atoms with Gasteiger partial charge in [0.2, 0.25) is 0 Å². The van der Waals surface area contributed by atoms with Crippen molar-refractivity contribution < 1.29 is 23.1 Å². The molecular formula is C12H23NO5S. The van der Waals surface area contributed by atoms with E-state index in [2.05, 4.69) is 5.32 Å². The van der Waals surface area contributed by atoms with Crippen LogP contribution < -0.4 is 5.32 Å². The largest absolute Gasteiger partial charge is 0.444 e. The van der Waals surface area contributed by atoms with Gasteiger partial charge in [0.25, 0.3) is 0 Å². The Bertz CT molecular complexity index is 412. The Hall–Kier alpha value is -0.820. The Labute approximate surface area is 114 Å². The van der Waals surface area contributed by atoms with Crippen molar-refractivity contribution in [3.8, 4) is 0 Å². The maximum Gasteiger partial charge on any atom is 0.407 e. The summed E-state index contributed by atoms with van der Waals surface area (Å²) in [6, 6.07) is -0.364. The molecule has 1 rings (SSSR count). The third-order valence-electron chi connectivity index (χ3n) is 3.05. The zero-order chi connectivity index (χ0) is 14.7. The highest BCUT2D eigenvalue weighted by atomic mass is 32.2. The molecule has 1 saturated heterocycles. The van der Waals surface area contributed by atoms with Crippen LogP contribution in [0.4, 0.5) is 4.79 Å². The first-order valence-corrected chi connectivity index (χ1v) is 8.26. The predicted molar refractivity (Wildman–Crippen MR) is 71.6 cm³/mol. The first-order valence-electron chi connectivity index (χ1n) is 6.44. The van der Waals surface area contributed by atoms with Gasteiger partial charge in [0.15, 0.2) is 0 Å². The van der Waals surface area contributed by atoms with Crippen LogP contribution in [0.5, 0.6) is 0 Å². The van der Waals surface area contributed by atoms with Gasteiger partial charge in [-0.15, -0.1) is 0 Å². The van der Waals surface area contributed by atoms with Crippen LogP contribution in [0, 0.1) is 5.92 Å². The average molecular weight is 293 g/mol. The first-order chi connectivity index (χ1) is 8.63. The average Bonchev–Trinajstić information content (AvgIpc) is 2.36. The van der Waals surface area contributed by atoms with E-state index in [4.69, 9.17) is 4.74 Å². The monoisotopic (exact) mass is 293 g/mol. The molecule has 1 fully saturated rings. The lowest BCUT2D eigenvalue weighted by Crippen LogP contribution is -2.44. The van der Waals surface area contributed by atoms with Crippen molar-refractivity contribution in [1.82, 2.24) is 5.32 Å². The molecule has 0 unspecified atom stereocenters. The van der Waals surface area contributed by atoms with Crippen LogP contribution >= 0.6 is 0 Å². The highest BCUT2D eigenvalue weighted by Gasteiger charge is 2.31. The molecule has 7 heteroatoms. The molecule has 1 amide bonds. The Morgan fingerprint density at radius 2 is 1.89 bits per heavy atom. The van der Waals surface area contributed by atoms with Crippen molar-refractivity contribution in [2.75, 3.05) is 18.1 Å². The molecule has 1 aliphatic heterocycles. The van der Waals surface area contributed by atoms with Crippen LogP contribution in [0.15, 0.2) is 0 Å². The van der Waals surface area contributed by atoms with Gasteiger partial charge in [-0.05, 0) is 33.6 Å². The third kappa shape index (κ3) is 5.78. The van der Waals surface area contributed by atoms with Crippen LogP contribution in [0.1, 0.15) is 33.6 Å². The molecule has 19 heavy (non-hydrogen) atoms. The summed E-state index contributed by atoms with van der Waals surface area (Å²) in [7, 11) is -3.07. The molecule has 2 N–H and O–H groups in total. The molecule has 2 atom stereocenters. The summed E-state index contributed by atoms with van der Waals surface area (Å²) < 4.78 is 28.3. The second-order valence-electron chi connectivity index (χ2n) is 5.92. The molecule has 1 heterocycles. The topological polar surface area (TPSA) is 92.7 Å². The minimum absolute atomic E-state index is 0.0317. The number of ether oxygens (including phenoxy) is 1. The van der Waals surface area contributed by atoms with Crippen molar-refractivity contribution in [1.29, 1.82) is 0 Å². The molecule has 0 aromatic heterocycles. The Balaban J connectivity index is 2.66. The number of hydrogen-bond donors (Lipinski definition) is 2. The van der Waals surface area contributed by atoms with E-state index in [1.807, 2.05) is 0 Å². The van der Waals surface area contributed by atoms with Crippen molar-refractivity contribution in [3.05, 3.63) is 0 Å². The lowest BCUT2D eigenvalue weighted by molar-refractivity contribution is 0.0469. The predicted octanol–water partition coefficient (Wildman–Crippen LogP) is 0.697. The summed E-state index contributed by atoms with van der Waals surface area (Å²) in [6.07, 6.45) is 0.0989. The summed E-state index contributed by atoms with van der Waals surface area (Å²) in [4.78, 5) is 11.7. The van der Waals surface area contributed by atoms with Crippen LogP contribution in [-0.4, -0.2) is 49.4 Å². The van der Waals surface area contributed by atoms with E-state index in [1.165, 1.54) is 0 Å². The molecule has 0 aromatic rings. The van der Waals surface area contributed by atoms with Gasteiger partial charge < -0.3 is 15.2 Å². The molecule has 1 aliphatic rings. The lowest BCUT2D eigenvalue weighted by atomic mass is 9.96. The van der Waals surface area contributed by atoms with E-state index < -0.39 is 21.5 Å². The fourth-order valence-electron chi connectivity index (χ4n) is 2.04. The Kier molecular flexibility index (Phi) is 5.20. The number of hydrogen-bond acceptors (Lipinski definition) is 5. The fourth-order valence-corrected chi connectivity index (χ4v) is 3.52. The quantitative estimate of drug-likeness (QED) is 0.781. The summed E-state index contributed by atoms with van der Waals surface area (Å²) in [5.41, 5.74) is -0.602. The van der Waals surface area contributed by atoms with Gasteiger partial charge >= 0.3 is 6.09 Å². The number of aliphatic hydroxyl groups is 1. The minimum Gasteiger partial charge on any atom is -0.444 e. The van der Waals surface area contributed by atoms with Gasteiger partial charge in [-0.1, -0.05) is 0 Å². The number of sulfone groups is 1. The molecule has 0 bridgehead atoms. The van der Waals surface area contributed by atoms with Crippen molar-refractivity contribution in [3.63, 3.8) is 0 Å². The summed E-state index contributed by atoms with van der Waals surface area (Å²) in [5.74, 6) is -0.154. The van der Waals surface area contributed by atoms with E-state index in [0.29, 0.717) is 12.8 Å². The standard InChI is InChI=1S/C12H23NO5S/c1-12(2,3)18-11(15)13-10-5-7-19(16,17)6-4-9(10)8-14/h9-10,14H,4-8H2,1-3H3,(H,13,15)/t9-,10+/m0/s1. The molecule has 0 aliphatic carbocycles. The Morgan fingerprint density at radius 3 is 2.42 bits per heavy atom. The lowest BCUT2D eigenvalue weighted by Gasteiger charge is -2.26. The first kappa shape index (κ1) is 16.2. The number of carbonyl (C=O) groups is 1. The van der Waals surface area contributed by atoms with Crippen LogP contribution in [0.25, 0.3) is 0 Å². The minimum atomic E-state index is -3.07. The number of amides is 1. The molecule has 0 radical (unpaired) electrons. The number of alkyl carbamates (subject to hydrolysis) is 1.